The molecule has 272 valence electrons. The van der Waals surface area contributed by atoms with Gasteiger partial charge in [0.15, 0.2) is 0 Å². The van der Waals surface area contributed by atoms with E-state index in [0.717, 1.165) is 0 Å². The zero-order valence-electron chi connectivity index (χ0n) is 29.8. The molecule has 8 N–H and O–H groups in total. The molecule has 0 radical (unpaired) electrons. The molecule has 0 saturated heterocycles. The Morgan fingerprint density at radius 3 is 1.60 bits per heavy atom. The molecule has 6 atom stereocenters. The minimum absolute atomic E-state index is 0.335. The van der Waals surface area contributed by atoms with Gasteiger partial charge in [0.1, 0.15) is 35.8 Å². The summed E-state index contributed by atoms with van der Waals surface area (Å²) in [5, 5.41) is 28.1. The smallest absolute Gasteiger partial charge is 0.328 e. The third kappa shape index (κ3) is 18.0. The lowest BCUT2D eigenvalue weighted by Crippen LogP contribution is -2.61. The molecule has 0 aromatic carbocycles. The van der Waals surface area contributed by atoms with Crippen LogP contribution < -0.4 is 27.0 Å². The van der Waals surface area contributed by atoms with Crippen molar-refractivity contribution >= 4 is 35.6 Å². The molecule has 0 aliphatic carbocycles. The van der Waals surface area contributed by atoms with E-state index in [0.29, 0.717) is 0 Å². The van der Waals surface area contributed by atoms with Crippen LogP contribution in [0.4, 0.5) is 0 Å². The maximum Gasteiger partial charge on any atom is 0.328 e. The Hall–Kier alpha value is -3.34. The van der Waals surface area contributed by atoms with Gasteiger partial charge in [0.2, 0.25) is 23.6 Å². The Labute approximate surface area is 277 Å². The maximum absolute atomic E-state index is 13.6. The Morgan fingerprint density at radius 2 is 1.17 bits per heavy atom. The lowest BCUT2D eigenvalue weighted by Gasteiger charge is -2.31. The number of esters is 1. The van der Waals surface area contributed by atoms with E-state index in [-0.39, 0.29) is 6.61 Å². The van der Waals surface area contributed by atoms with Gasteiger partial charge in [-0.1, -0.05) is 13.8 Å². The van der Waals surface area contributed by atoms with Crippen molar-refractivity contribution in [2.45, 2.75) is 143 Å². The highest BCUT2D eigenvalue weighted by molar-refractivity contribution is 5.97. The minimum Gasteiger partial charge on any atom is -0.480 e. The van der Waals surface area contributed by atoms with Crippen molar-refractivity contribution < 1.29 is 53.2 Å². The number of carbonyl (C=O) groups is 6. The molecule has 0 saturated carbocycles. The van der Waals surface area contributed by atoms with Gasteiger partial charge in [-0.2, -0.15) is 0 Å². The van der Waals surface area contributed by atoms with E-state index in [4.69, 9.17) is 19.9 Å². The van der Waals surface area contributed by atoms with Gasteiger partial charge in [0.25, 0.3) is 0 Å². The first-order chi connectivity index (χ1) is 21.2. The Bertz CT molecular complexity index is 1090. The molecule has 0 fully saturated rings. The van der Waals surface area contributed by atoms with Crippen LogP contribution in [0.1, 0.15) is 89.5 Å². The summed E-state index contributed by atoms with van der Waals surface area (Å²) < 4.78 is 16.9. The number of nitrogens with two attached hydrogens (primary N) is 1. The number of hydrogen-bond acceptors (Lipinski definition) is 11. The largest absolute Gasteiger partial charge is 0.480 e. The third-order valence-corrected chi connectivity index (χ3v) is 6.13. The average Bonchev–Trinajstić information content (AvgIpc) is 2.88. The van der Waals surface area contributed by atoms with Crippen molar-refractivity contribution in [3.8, 4) is 0 Å². The molecule has 0 aromatic rings. The normalized spacial score (nSPS) is 16.1. The van der Waals surface area contributed by atoms with Crippen molar-refractivity contribution in [2.24, 2.45) is 11.7 Å². The van der Waals surface area contributed by atoms with Gasteiger partial charge in [-0.05, 0) is 75.2 Å². The lowest BCUT2D eigenvalue weighted by atomic mass is 10.0. The highest BCUT2D eigenvalue weighted by Crippen LogP contribution is 2.14. The Balaban J connectivity index is 6.33. The van der Waals surface area contributed by atoms with Crippen molar-refractivity contribution in [1.29, 1.82) is 0 Å². The fraction of sp³-hybridized carbons (Fsp3) is 0.806. The summed E-state index contributed by atoms with van der Waals surface area (Å²) in [6.07, 6.45) is -1.40. The summed E-state index contributed by atoms with van der Waals surface area (Å²) in [6, 6.07) is -7.12. The fourth-order valence-electron chi connectivity index (χ4n) is 3.90. The van der Waals surface area contributed by atoms with Crippen LogP contribution in [0.25, 0.3) is 0 Å². The van der Waals surface area contributed by atoms with Gasteiger partial charge in [-0.25, -0.2) is 4.79 Å². The second-order valence-electron chi connectivity index (χ2n) is 14.6. The van der Waals surface area contributed by atoms with E-state index in [1.165, 1.54) is 0 Å². The monoisotopic (exact) mass is 675 g/mol. The molecule has 0 rings (SSSR count). The predicted octanol–water partition coefficient (Wildman–Crippen LogP) is -0.264. The van der Waals surface area contributed by atoms with E-state index in [2.05, 4.69) is 21.3 Å². The van der Waals surface area contributed by atoms with Gasteiger partial charge in [-0.15, -0.1) is 0 Å². The summed E-state index contributed by atoms with van der Waals surface area (Å²) in [4.78, 5) is 77.3. The molecule has 0 aliphatic rings. The topological polar surface area (TPSA) is 245 Å². The summed E-state index contributed by atoms with van der Waals surface area (Å²) in [5.41, 5.74) is 3.85. The van der Waals surface area contributed by atoms with Crippen molar-refractivity contribution in [1.82, 2.24) is 21.3 Å². The molecule has 0 bridgehead atoms. The van der Waals surface area contributed by atoms with Gasteiger partial charge in [0.05, 0.1) is 36.9 Å². The second-order valence-corrected chi connectivity index (χ2v) is 14.6. The van der Waals surface area contributed by atoms with Crippen LogP contribution in [-0.4, -0.2) is 112 Å². The van der Waals surface area contributed by atoms with Gasteiger partial charge in [-0.3, -0.25) is 24.0 Å². The highest BCUT2D eigenvalue weighted by atomic mass is 16.6. The fourth-order valence-corrected chi connectivity index (χ4v) is 3.90. The first-order valence-electron chi connectivity index (χ1n) is 15.5. The number of rotatable bonds is 17. The molecular weight excluding hydrogens is 618 g/mol. The zero-order valence-corrected chi connectivity index (χ0v) is 29.8. The highest BCUT2D eigenvalue weighted by Gasteiger charge is 2.36. The summed E-state index contributed by atoms with van der Waals surface area (Å²) in [6.45, 7) is 18.9. The Kier molecular flexibility index (Phi) is 17.0. The maximum atomic E-state index is 13.6. The molecule has 0 unspecified atom stereocenters. The van der Waals surface area contributed by atoms with Crippen molar-refractivity contribution in [3.63, 3.8) is 0 Å². The first-order valence-corrected chi connectivity index (χ1v) is 15.5. The molecule has 0 aliphatic heterocycles. The van der Waals surface area contributed by atoms with Crippen LogP contribution >= 0.6 is 0 Å². The Morgan fingerprint density at radius 1 is 0.681 bits per heavy atom. The standard InChI is InChI=1S/C31H57N5O11/c1-16(2)23(27(42)34-19(14-37)28(43)44)36-24(39)18(13-21(38)47-31(10,11)12)33-25(40)20(15-45-29(4,5)6)35-26(41)22(32)17(3)46-30(7,8)9/h16-20,22-23,37H,13-15,32H2,1-12H3,(H,33,40)(H,34,42)(H,35,41)(H,36,39)(H,43,44)/t17-,18+,19+,20+,22+,23+/m1/s1. The molecule has 0 spiro atoms. The molecule has 16 nitrogen and oxygen atoms in total. The van der Waals surface area contributed by atoms with Crippen molar-refractivity contribution in [3.05, 3.63) is 0 Å². The molecule has 0 aromatic heterocycles. The van der Waals surface area contributed by atoms with Crippen LogP contribution in [-0.2, 0) is 43.0 Å². The quantitative estimate of drug-likeness (QED) is 0.0986. The van der Waals surface area contributed by atoms with E-state index in [9.17, 15) is 39.0 Å². The van der Waals surface area contributed by atoms with Gasteiger partial charge < -0.3 is 51.4 Å². The number of carboxylic acid groups (broad SMARTS) is 1. The predicted molar refractivity (Wildman–Crippen MR) is 172 cm³/mol. The number of carboxylic acids is 1. The lowest BCUT2D eigenvalue weighted by molar-refractivity contribution is -0.157. The van der Waals surface area contributed by atoms with Crippen LogP contribution in [0.15, 0.2) is 0 Å². The number of aliphatic hydroxyl groups is 1. The number of hydrogen-bond donors (Lipinski definition) is 7. The van der Waals surface area contributed by atoms with Crippen LogP contribution in [0.3, 0.4) is 0 Å². The van der Waals surface area contributed by atoms with Crippen molar-refractivity contribution in [2.75, 3.05) is 13.2 Å². The minimum atomic E-state index is -1.63. The van der Waals surface area contributed by atoms with E-state index >= 15 is 0 Å². The van der Waals surface area contributed by atoms with Crippen LogP contribution in [0.2, 0.25) is 0 Å². The van der Waals surface area contributed by atoms with Gasteiger partial charge >= 0.3 is 11.9 Å². The van der Waals surface area contributed by atoms with Gasteiger partial charge in [0, 0.05) is 0 Å². The number of amides is 4. The van der Waals surface area contributed by atoms with E-state index in [1.54, 1.807) is 83.1 Å². The number of nitrogens with one attached hydrogen (secondary N) is 4. The number of aliphatic hydroxyl groups excluding tert-OH is 1. The number of carbonyl (C=O) groups excluding carboxylic acids is 5. The zero-order chi connectivity index (χ0) is 37.1. The summed E-state index contributed by atoms with van der Waals surface area (Å²) in [5.74, 6) is -6.46. The molecular formula is C31H57N5O11. The third-order valence-electron chi connectivity index (χ3n) is 6.13. The number of aliphatic carboxylic acids is 1. The molecule has 47 heavy (non-hydrogen) atoms. The van der Waals surface area contributed by atoms with E-state index < -0.39 is 108 Å². The SMILES string of the molecule is CC(C)[C@H](NC(=O)[C@H](CC(=O)OC(C)(C)C)NC(=O)[C@H](COC(C)(C)C)NC(=O)[C@@H](N)[C@@H](C)OC(C)(C)C)C(=O)N[C@@H](CO)C(=O)O. The second kappa shape index (κ2) is 18.3. The molecule has 0 heterocycles. The summed E-state index contributed by atoms with van der Waals surface area (Å²) >= 11 is 0. The average molecular weight is 676 g/mol. The van der Waals surface area contributed by atoms with Crippen LogP contribution in [0.5, 0.6) is 0 Å². The molecule has 16 heteroatoms. The first kappa shape index (κ1) is 43.7. The van der Waals surface area contributed by atoms with Crippen LogP contribution in [0, 0.1) is 5.92 Å². The number of ether oxygens (including phenoxy) is 3. The summed E-state index contributed by atoms with van der Waals surface area (Å²) in [7, 11) is 0. The van der Waals surface area contributed by atoms with E-state index in [1.807, 2.05) is 0 Å². The molecule has 4 amide bonds.